The van der Waals surface area contributed by atoms with Crippen LogP contribution in [0.3, 0.4) is 0 Å². The van der Waals surface area contributed by atoms with E-state index in [1.807, 2.05) is 21.3 Å². The van der Waals surface area contributed by atoms with Crippen LogP contribution in [-0.2, 0) is 19.4 Å². The number of rotatable bonds is 11. The van der Waals surface area contributed by atoms with Crippen LogP contribution in [0, 0.1) is 0 Å². The van der Waals surface area contributed by atoms with Gasteiger partial charge >= 0.3 is 5.69 Å². The molecule has 0 aliphatic carbocycles. The lowest BCUT2D eigenvalue weighted by Crippen LogP contribution is -2.38. The minimum Gasteiger partial charge on any atom is -0.303 e. The summed E-state index contributed by atoms with van der Waals surface area (Å²) in [4.78, 5) is 16.3. The van der Waals surface area contributed by atoms with Gasteiger partial charge in [0.15, 0.2) is 0 Å². The first kappa shape index (κ1) is 25.8. The second-order valence-electron chi connectivity index (χ2n) is 10.4. The van der Waals surface area contributed by atoms with Crippen molar-refractivity contribution in [1.82, 2.24) is 14.0 Å². The summed E-state index contributed by atoms with van der Waals surface area (Å²) in [7, 11) is 0. The van der Waals surface area contributed by atoms with Gasteiger partial charge in [-0.3, -0.25) is 9.13 Å². The number of likely N-dealkylation sites (tertiary alicyclic amines) is 1. The first-order valence-corrected chi connectivity index (χ1v) is 14.3. The van der Waals surface area contributed by atoms with Gasteiger partial charge in [0.05, 0.1) is 16.1 Å². The Kier molecular flexibility index (Phi) is 8.80. The Balaban J connectivity index is 1.19. The van der Waals surface area contributed by atoms with E-state index in [4.69, 9.17) is 11.6 Å². The zero-order valence-corrected chi connectivity index (χ0v) is 22.5. The Bertz CT molecular complexity index is 1320. The van der Waals surface area contributed by atoms with E-state index in [0.29, 0.717) is 5.02 Å². The number of aromatic nitrogens is 2. The quantitative estimate of drug-likeness (QED) is 0.199. The Morgan fingerprint density at radius 2 is 1.30 bits per heavy atom. The SMILES string of the molecule is O=c1n(CCCCc2ccccc2)c2cccc(Cl)c2n1C1CCN(CCCCc2ccccc2)CC1. The van der Waals surface area contributed by atoms with E-state index in [-0.39, 0.29) is 11.7 Å². The summed E-state index contributed by atoms with van der Waals surface area (Å²) in [6, 6.07) is 27.5. The number of halogens is 1. The molecule has 4 nitrogen and oxygen atoms in total. The number of hydrogen-bond acceptors (Lipinski definition) is 2. The maximum atomic E-state index is 13.7. The molecule has 1 saturated heterocycles. The van der Waals surface area contributed by atoms with Gasteiger partial charge in [-0.25, -0.2) is 4.79 Å². The topological polar surface area (TPSA) is 30.2 Å². The number of piperidine rings is 1. The lowest BCUT2D eigenvalue weighted by atomic mass is 10.0. The number of unbranched alkanes of at least 4 members (excludes halogenated alkanes) is 2. The Hall–Kier alpha value is -2.82. The normalized spacial score (nSPS) is 14.9. The highest BCUT2D eigenvalue weighted by Gasteiger charge is 2.26. The Labute approximate surface area is 225 Å². The highest BCUT2D eigenvalue weighted by molar-refractivity contribution is 6.35. The first-order chi connectivity index (χ1) is 18.2. The molecule has 0 saturated carbocycles. The van der Waals surface area contributed by atoms with Crippen molar-refractivity contribution in [3.8, 4) is 0 Å². The van der Waals surface area contributed by atoms with Crippen molar-refractivity contribution in [3.05, 3.63) is 105 Å². The maximum absolute atomic E-state index is 13.7. The van der Waals surface area contributed by atoms with Crippen LogP contribution in [0.4, 0.5) is 0 Å². The molecule has 2 heterocycles. The van der Waals surface area contributed by atoms with Crippen LogP contribution in [0.2, 0.25) is 5.02 Å². The molecule has 0 radical (unpaired) electrons. The van der Waals surface area contributed by atoms with Crippen LogP contribution in [0.25, 0.3) is 11.0 Å². The Morgan fingerprint density at radius 3 is 1.92 bits per heavy atom. The third kappa shape index (κ3) is 6.37. The fourth-order valence-electron chi connectivity index (χ4n) is 5.80. The summed E-state index contributed by atoms with van der Waals surface area (Å²) in [5.74, 6) is 0. The molecule has 0 spiro atoms. The summed E-state index contributed by atoms with van der Waals surface area (Å²) >= 11 is 6.69. The molecule has 1 aliphatic heterocycles. The molecule has 0 amide bonds. The van der Waals surface area contributed by atoms with Crippen LogP contribution >= 0.6 is 11.6 Å². The molecule has 3 aromatic carbocycles. The molecule has 5 rings (SSSR count). The van der Waals surface area contributed by atoms with Gasteiger partial charge < -0.3 is 4.90 Å². The lowest BCUT2D eigenvalue weighted by molar-refractivity contribution is 0.183. The average molecular weight is 516 g/mol. The molecule has 5 heteroatoms. The van der Waals surface area contributed by atoms with Gasteiger partial charge in [-0.05, 0) is 81.2 Å². The van der Waals surface area contributed by atoms with Gasteiger partial charge in [0, 0.05) is 25.7 Å². The van der Waals surface area contributed by atoms with Crippen molar-refractivity contribution in [2.45, 2.75) is 64.0 Å². The second kappa shape index (κ2) is 12.6. The smallest absolute Gasteiger partial charge is 0.303 e. The van der Waals surface area contributed by atoms with Crippen molar-refractivity contribution in [2.75, 3.05) is 19.6 Å². The number of fused-ring (bicyclic) bond motifs is 1. The van der Waals surface area contributed by atoms with Crippen molar-refractivity contribution < 1.29 is 0 Å². The molecule has 194 valence electrons. The molecule has 37 heavy (non-hydrogen) atoms. The number of hydrogen-bond donors (Lipinski definition) is 0. The standard InChI is InChI=1S/C32H38ClN3O/c33-29-18-11-19-30-31(29)36(32(37)35(30)23-10-8-17-27-14-5-2-6-15-27)28-20-24-34(25-21-28)22-9-7-16-26-12-3-1-4-13-26/h1-6,11-15,18-19,28H,7-10,16-17,20-25H2. The number of para-hydroxylation sites is 1. The molecule has 1 fully saturated rings. The first-order valence-electron chi connectivity index (χ1n) is 13.9. The van der Waals surface area contributed by atoms with Crippen LogP contribution in [0.1, 0.15) is 55.7 Å². The lowest BCUT2D eigenvalue weighted by Gasteiger charge is -2.32. The third-order valence-corrected chi connectivity index (χ3v) is 8.13. The van der Waals surface area contributed by atoms with E-state index in [1.54, 1.807) is 0 Å². The summed E-state index contributed by atoms with van der Waals surface area (Å²) in [5.41, 5.74) is 4.77. The fourth-order valence-corrected chi connectivity index (χ4v) is 6.06. The molecule has 1 aromatic heterocycles. The van der Waals surface area contributed by atoms with Gasteiger partial charge in [0.2, 0.25) is 0 Å². The van der Waals surface area contributed by atoms with Gasteiger partial charge in [-0.2, -0.15) is 0 Å². The zero-order chi connectivity index (χ0) is 25.5. The summed E-state index contributed by atoms with van der Waals surface area (Å²) in [6.45, 7) is 3.95. The number of nitrogens with zero attached hydrogens (tertiary/aromatic N) is 3. The molecular formula is C32H38ClN3O. The van der Waals surface area contributed by atoms with Crippen LogP contribution < -0.4 is 5.69 Å². The maximum Gasteiger partial charge on any atom is 0.329 e. The average Bonchev–Trinajstić information content (AvgIpc) is 3.23. The number of benzene rings is 3. The molecule has 0 bridgehead atoms. The molecule has 1 aliphatic rings. The van der Waals surface area contributed by atoms with Gasteiger partial charge in [-0.1, -0.05) is 78.3 Å². The van der Waals surface area contributed by atoms with E-state index >= 15 is 0 Å². The highest BCUT2D eigenvalue weighted by atomic mass is 35.5. The minimum absolute atomic E-state index is 0.101. The predicted molar refractivity (Wildman–Crippen MR) is 155 cm³/mol. The number of imidazole rings is 1. The summed E-state index contributed by atoms with van der Waals surface area (Å²) in [6.07, 6.45) is 8.65. The van der Waals surface area contributed by atoms with Gasteiger partial charge in [0.25, 0.3) is 0 Å². The zero-order valence-electron chi connectivity index (χ0n) is 21.7. The largest absolute Gasteiger partial charge is 0.329 e. The number of aryl methyl sites for hydroxylation is 3. The molecule has 0 N–H and O–H groups in total. The van der Waals surface area contributed by atoms with Crippen LogP contribution in [0.15, 0.2) is 83.7 Å². The third-order valence-electron chi connectivity index (χ3n) is 7.83. The molecule has 4 aromatic rings. The van der Waals surface area contributed by atoms with E-state index in [1.165, 1.54) is 24.0 Å². The van der Waals surface area contributed by atoms with Crippen molar-refractivity contribution in [1.29, 1.82) is 0 Å². The molecule has 0 unspecified atom stereocenters. The van der Waals surface area contributed by atoms with Crippen molar-refractivity contribution in [3.63, 3.8) is 0 Å². The monoisotopic (exact) mass is 515 g/mol. The molecular weight excluding hydrogens is 478 g/mol. The predicted octanol–water partition coefficient (Wildman–Crippen LogP) is 7.14. The van der Waals surface area contributed by atoms with E-state index < -0.39 is 0 Å². The van der Waals surface area contributed by atoms with E-state index in [9.17, 15) is 4.79 Å². The van der Waals surface area contributed by atoms with Crippen LogP contribution in [0.5, 0.6) is 0 Å². The highest BCUT2D eigenvalue weighted by Crippen LogP contribution is 2.30. The van der Waals surface area contributed by atoms with Crippen molar-refractivity contribution in [2.24, 2.45) is 0 Å². The molecule has 0 atom stereocenters. The Morgan fingerprint density at radius 1 is 0.703 bits per heavy atom. The van der Waals surface area contributed by atoms with Crippen molar-refractivity contribution >= 4 is 22.6 Å². The second-order valence-corrected chi connectivity index (χ2v) is 10.8. The van der Waals surface area contributed by atoms with E-state index in [0.717, 1.165) is 75.7 Å². The van der Waals surface area contributed by atoms with E-state index in [2.05, 4.69) is 71.6 Å². The minimum atomic E-state index is 0.101. The van der Waals surface area contributed by atoms with Gasteiger partial charge in [0.1, 0.15) is 0 Å². The summed E-state index contributed by atoms with van der Waals surface area (Å²) in [5, 5.41) is 0.681. The fraction of sp³-hybridized carbons (Fsp3) is 0.406. The van der Waals surface area contributed by atoms with Gasteiger partial charge in [-0.15, -0.1) is 0 Å². The van der Waals surface area contributed by atoms with Crippen LogP contribution in [-0.4, -0.2) is 33.7 Å². The summed E-state index contributed by atoms with van der Waals surface area (Å²) < 4.78 is 3.98.